The standard InChI is InChI=1S/C23H27ClFN3O2/c1-3-30-22(29)15-26-23(18-6-4-5-7-20(18)25)19-9-8-16(24)14-21(19)27-17-10-12-28(2)13-11-17/h4-9,14,17,27H,3,10-13,15H2,1-2H3/b26-23+. The number of carbonyl (C=O) groups excluding carboxylic acids is 1. The maximum atomic E-state index is 14.7. The maximum Gasteiger partial charge on any atom is 0.327 e. The average molecular weight is 432 g/mol. The first-order valence-electron chi connectivity index (χ1n) is 10.2. The van der Waals surface area contributed by atoms with Gasteiger partial charge in [0.05, 0.1) is 12.3 Å². The molecule has 1 aliphatic heterocycles. The molecule has 0 unspecified atom stereocenters. The number of likely N-dealkylation sites (tertiary alicyclic amines) is 1. The van der Waals surface area contributed by atoms with Crippen LogP contribution in [0.25, 0.3) is 0 Å². The smallest absolute Gasteiger partial charge is 0.327 e. The number of hydrogen-bond acceptors (Lipinski definition) is 5. The number of hydrogen-bond donors (Lipinski definition) is 1. The van der Waals surface area contributed by atoms with E-state index in [4.69, 9.17) is 16.3 Å². The molecule has 7 heteroatoms. The Morgan fingerprint density at radius 2 is 1.97 bits per heavy atom. The summed E-state index contributed by atoms with van der Waals surface area (Å²) in [6, 6.07) is 12.1. The summed E-state index contributed by atoms with van der Waals surface area (Å²) >= 11 is 6.27. The van der Waals surface area contributed by atoms with Crippen LogP contribution in [0.4, 0.5) is 10.1 Å². The number of nitrogens with one attached hydrogen (secondary N) is 1. The van der Waals surface area contributed by atoms with E-state index >= 15 is 0 Å². The molecule has 2 aromatic rings. The number of nitrogens with zero attached hydrogens (tertiary/aromatic N) is 2. The fourth-order valence-electron chi connectivity index (χ4n) is 3.53. The quantitative estimate of drug-likeness (QED) is 0.522. The Hall–Kier alpha value is -2.44. The van der Waals surface area contributed by atoms with Crippen molar-refractivity contribution in [2.75, 3.05) is 38.6 Å². The molecule has 0 amide bonds. The second-order valence-corrected chi connectivity index (χ2v) is 7.80. The number of piperidine rings is 1. The number of carbonyl (C=O) groups is 1. The van der Waals surface area contributed by atoms with Crippen LogP contribution in [0.15, 0.2) is 47.5 Å². The van der Waals surface area contributed by atoms with Crippen LogP contribution < -0.4 is 5.32 Å². The second-order valence-electron chi connectivity index (χ2n) is 7.36. The van der Waals surface area contributed by atoms with E-state index in [2.05, 4.69) is 22.3 Å². The van der Waals surface area contributed by atoms with E-state index in [9.17, 15) is 9.18 Å². The number of anilines is 1. The second kappa shape index (κ2) is 10.5. The van der Waals surface area contributed by atoms with Gasteiger partial charge in [-0.05, 0) is 70.2 Å². The lowest BCUT2D eigenvalue weighted by atomic mass is 9.98. The van der Waals surface area contributed by atoms with Crippen LogP contribution in [-0.4, -0.2) is 55.9 Å². The molecule has 0 atom stereocenters. The molecule has 1 heterocycles. The molecule has 0 bridgehead atoms. The highest BCUT2D eigenvalue weighted by Gasteiger charge is 2.21. The van der Waals surface area contributed by atoms with Crippen LogP contribution in [0.1, 0.15) is 30.9 Å². The summed E-state index contributed by atoms with van der Waals surface area (Å²) in [6.07, 6.45) is 1.99. The van der Waals surface area contributed by atoms with E-state index in [1.165, 1.54) is 6.07 Å². The minimum absolute atomic E-state index is 0.187. The molecule has 0 radical (unpaired) electrons. The molecule has 1 saturated heterocycles. The number of benzene rings is 2. The lowest BCUT2D eigenvalue weighted by Crippen LogP contribution is -2.37. The third kappa shape index (κ3) is 5.80. The van der Waals surface area contributed by atoms with E-state index in [-0.39, 0.29) is 19.2 Å². The lowest BCUT2D eigenvalue weighted by Gasteiger charge is -2.31. The van der Waals surface area contributed by atoms with Gasteiger partial charge in [0.2, 0.25) is 0 Å². The first-order valence-corrected chi connectivity index (χ1v) is 10.6. The highest BCUT2D eigenvalue weighted by Crippen LogP contribution is 2.27. The predicted molar refractivity (Wildman–Crippen MR) is 119 cm³/mol. The Labute approximate surface area is 181 Å². The SMILES string of the molecule is CCOC(=O)C/N=C(\c1ccccc1F)c1ccc(Cl)cc1NC1CCN(C)CC1. The summed E-state index contributed by atoms with van der Waals surface area (Å²) < 4.78 is 19.7. The molecule has 1 N–H and O–H groups in total. The number of esters is 1. The summed E-state index contributed by atoms with van der Waals surface area (Å²) in [4.78, 5) is 18.7. The van der Waals surface area contributed by atoms with E-state index in [0.717, 1.165) is 31.6 Å². The fraction of sp³-hybridized carbons (Fsp3) is 0.391. The van der Waals surface area contributed by atoms with Gasteiger partial charge in [-0.2, -0.15) is 0 Å². The molecule has 1 fully saturated rings. The Balaban J connectivity index is 1.99. The summed E-state index contributed by atoms with van der Waals surface area (Å²) in [5.74, 6) is -0.856. The predicted octanol–water partition coefficient (Wildman–Crippen LogP) is 4.39. The topological polar surface area (TPSA) is 53.9 Å². The highest BCUT2D eigenvalue weighted by molar-refractivity contribution is 6.31. The molecule has 3 rings (SSSR count). The minimum Gasteiger partial charge on any atom is -0.465 e. The molecule has 0 aliphatic carbocycles. The molecule has 160 valence electrons. The van der Waals surface area contributed by atoms with Gasteiger partial charge in [-0.15, -0.1) is 0 Å². The van der Waals surface area contributed by atoms with Gasteiger partial charge in [-0.1, -0.05) is 23.7 Å². The zero-order valence-corrected chi connectivity index (χ0v) is 18.1. The van der Waals surface area contributed by atoms with E-state index in [1.807, 2.05) is 12.1 Å². The van der Waals surface area contributed by atoms with Crippen molar-refractivity contribution < 1.29 is 13.9 Å². The summed E-state index contributed by atoms with van der Waals surface area (Å²) in [5.41, 5.74) is 2.21. The van der Waals surface area contributed by atoms with Crippen molar-refractivity contribution in [3.05, 3.63) is 64.4 Å². The van der Waals surface area contributed by atoms with Gasteiger partial charge in [0.15, 0.2) is 0 Å². The Bertz CT molecular complexity index is 911. The van der Waals surface area contributed by atoms with Crippen molar-refractivity contribution in [3.8, 4) is 0 Å². The summed E-state index contributed by atoms with van der Waals surface area (Å²) in [6.45, 7) is 3.83. The van der Waals surface area contributed by atoms with E-state index < -0.39 is 11.8 Å². The van der Waals surface area contributed by atoms with Gasteiger partial charge < -0.3 is 15.0 Å². The number of rotatable bonds is 7. The van der Waals surface area contributed by atoms with Crippen molar-refractivity contribution in [3.63, 3.8) is 0 Å². The Morgan fingerprint density at radius 3 is 2.67 bits per heavy atom. The maximum absolute atomic E-state index is 14.7. The molecular weight excluding hydrogens is 405 g/mol. The van der Waals surface area contributed by atoms with Crippen molar-refractivity contribution in [2.45, 2.75) is 25.8 Å². The molecular formula is C23H27ClFN3O2. The molecule has 1 aliphatic rings. The van der Waals surface area contributed by atoms with Crippen LogP contribution in [0.3, 0.4) is 0 Å². The van der Waals surface area contributed by atoms with Crippen LogP contribution in [0.2, 0.25) is 5.02 Å². The van der Waals surface area contributed by atoms with Crippen LogP contribution in [-0.2, 0) is 9.53 Å². The zero-order chi connectivity index (χ0) is 21.5. The van der Waals surface area contributed by atoms with E-state index in [0.29, 0.717) is 21.9 Å². The van der Waals surface area contributed by atoms with Crippen LogP contribution in [0, 0.1) is 5.82 Å². The Morgan fingerprint density at radius 1 is 1.23 bits per heavy atom. The molecule has 30 heavy (non-hydrogen) atoms. The zero-order valence-electron chi connectivity index (χ0n) is 17.3. The van der Waals surface area contributed by atoms with Gasteiger partial charge >= 0.3 is 5.97 Å². The molecule has 0 spiro atoms. The van der Waals surface area contributed by atoms with Crippen LogP contribution >= 0.6 is 11.6 Å². The van der Waals surface area contributed by atoms with Gasteiger partial charge in [-0.25, -0.2) is 4.39 Å². The fourth-order valence-corrected chi connectivity index (χ4v) is 3.71. The molecule has 0 aromatic heterocycles. The van der Waals surface area contributed by atoms with Gasteiger partial charge in [0.1, 0.15) is 12.4 Å². The van der Waals surface area contributed by atoms with Crippen LogP contribution in [0.5, 0.6) is 0 Å². The molecule has 2 aromatic carbocycles. The summed E-state index contributed by atoms with van der Waals surface area (Å²) in [7, 11) is 2.11. The number of ether oxygens (including phenoxy) is 1. The van der Waals surface area contributed by atoms with Crippen molar-refractivity contribution in [2.24, 2.45) is 4.99 Å². The average Bonchev–Trinajstić information content (AvgIpc) is 2.72. The third-order valence-electron chi connectivity index (χ3n) is 5.12. The molecule has 0 saturated carbocycles. The molecule has 5 nitrogen and oxygen atoms in total. The normalized spacial score (nSPS) is 15.8. The number of aliphatic imine (C=N–C) groups is 1. The first-order chi connectivity index (χ1) is 14.5. The van der Waals surface area contributed by atoms with Gasteiger partial charge in [0, 0.05) is 27.9 Å². The van der Waals surface area contributed by atoms with Crippen molar-refractivity contribution in [1.82, 2.24) is 4.90 Å². The van der Waals surface area contributed by atoms with Gasteiger partial charge in [0.25, 0.3) is 0 Å². The highest BCUT2D eigenvalue weighted by atomic mass is 35.5. The lowest BCUT2D eigenvalue weighted by molar-refractivity contribution is -0.141. The largest absolute Gasteiger partial charge is 0.465 e. The minimum atomic E-state index is -0.454. The van der Waals surface area contributed by atoms with Gasteiger partial charge in [-0.3, -0.25) is 9.79 Å². The number of halogens is 2. The monoisotopic (exact) mass is 431 g/mol. The first kappa shape index (κ1) is 22.2. The van der Waals surface area contributed by atoms with Crippen molar-refractivity contribution >= 4 is 29.0 Å². The van der Waals surface area contributed by atoms with Crippen molar-refractivity contribution in [1.29, 1.82) is 0 Å². The van der Waals surface area contributed by atoms with E-state index in [1.54, 1.807) is 31.2 Å². The third-order valence-corrected chi connectivity index (χ3v) is 5.35. The summed E-state index contributed by atoms with van der Waals surface area (Å²) in [5, 5.41) is 4.14. The Kier molecular flexibility index (Phi) is 7.82.